The van der Waals surface area contributed by atoms with Crippen molar-refractivity contribution in [2.45, 2.75) is 25.3 Å². The van der Waals surface area contributed by atoms with Gasteiger partial charge in [-0.25, -0.2) is 0 Å². The summed E-state index contributed by atoms with van der Waals surface area (Å²) in [7, 11) is 0. The first-order valence-electron chi connectivity index (χ1n) is 7.58. The van der Waals surface area contributed by atoms with Crippen LogP contribution in [0.15, 0.2) is 24.3 Å². The zero-order valence-electron chi connectivity index (χ0n) is 12.2. The van der Waals surface area contributed by atoms with Gasteiger partial charge in [-0.1, -0.05) is 0 Å². The highest BCUT2D eigenvalue weighted by Crippen LogP contribution is 2.29. The van der Waals surface area contributed by atoms with E-state index >= 15 is 0 Å². The molecule has 114 valence electrons. The Morgan fingerprint density at radius 1 is 1.29 bits per heavy atom. The van der Waals surface area contributed by atoms with E-state index in [1.807, 2.05) is 4.90 Å². The van der Waals surface area contributed by atoms with Gasteiger partial charge in [0.2, 0.25) is 0 Å². The highest BCUT2D eigenvalue weighted by atomic mass is 16.5. The first-order valence-corrected chi connectivity index (χ1v) is 7.58. The highest BCUT2D eigenvalue weighted by Gasteiger charge is 2.34. The Balaban J connectivity index is 1.52. The van der Waals surface area contributed by atoms with Crippen molar-refractivity contribution in [1.82, 2.24) is 4.90 Å². The van der Waals surface area contributed by atoms with Crippen molar-refractivity contribution >= 4 is 11.6 Å². The Morgan fingerprint density at radius 3 is 2.67 bits per heavy atom. The van der Waals surface area contributed by atoms with Crippen molar-refractivity contribution in [3.05, 3.63) is 24.3 Å². The molecule has 0 bridgehead atoms. The second-order valence-electron chi connectivity index (χ2n) is 5.86. The van der Waals surface area contributed by atoms with E-state index in [9.17, 15) is 4.79 Å². The maximum absolute atomic E-state index is 12.4. The third kappa shape index (κ3) is 3.88. The number of nitrogen functional groups attached to an aromatic ring is 1. The summed E-state index contributed by atoms with van der Waals surface area (Å²) in [5, 5.41) is 0. The number of ether oxygens (including phenoxy) is 2. The molecule has 1 heterocycles. The molecule has 2 aliphatic rings. The predicted molar refractivity (Wildman–Crippen MR) is 80.0 cm³/mol. The molecule has 2 N–H and O–H groups in total. The minimum Gasteiger partial charge on any atom is -0.484 e. The van der Waals surface area contributed by atoms with Crippen LogP contribution < -0.4 is 10.5 Å². The molecule has 0 spiro atoms. The summed E-state index contributed by atoms with van der Waals surface area (Å²) in [6, 6.07) is 7.53. The third-order valence-electron chi connectivity index (χ3n) is 4.03. The van der Waals surface area contributed by atoms with Gasteiger partial charge in [0.1, 0.15) is 5.75 Å². The summed E-state index contributed by atoms with van der Waals surface area (Å²) in [5.41, 5.74) is 6.32. The van der Waals surface area contributed by atoms with Gasteiger partial charge in [0, 0.05) is 30.8 Å². The monoisotopic (exact) mass is 290 g/mol. The van der Waals surface area contributed by atoms with Gasteiger partial charge in [-0.15, -0.1) is 0 Å². The SMILES string of the molecule is Nc1ccc(OCC(=O)N(CC2CCOC2)C2CC2)cc1. The van der Waals surface area contributed by atoms with Gasteiger partial charge in [-0.2, -0.15) is 0 Å². The molecule has 5 heteroatoms. The normalized spacial score (nSPS) is 21.2. The van der Waals surface area contributed by atoms with Crippen LogP contribution in [0.4, 0.5) is 5.69 Å². The number of carbonyl (C=O) groups excluding carboxylic acids is 1. The van der Waals surface area contributed by atoms with Crippen molar-refractivity contribution in [2.24, 2.45) is 5.92 Å². The molecule has 0 aromatic heterocycles. The Hall–Kier alpha value is -1.75. The van der Waals surface area contributed by atoms with Gasteiger partial charge in [-0.3, -0.25) is 4.79 Å². The number of rotatable bonds is 6. The fourth-order valence-corrected chi connectivity index (χ4v) is 2.64. The number of hydrogen-bond donors (Lipinski definition) is 1. The van der Waals surface area contributed by atoms with E-state index in [-0.39, 0.29) is 12.5 Å². The number of carbonyl (C=O) groups is 1. The van der Waals surface area contributed by atoms with E-state index < -0.39 is 0 Å². The molecular weight excluding hydrogens is 268 g/mol. The maximum Gasteiger partial charge on any atom is 0.260 e. The first-order chi connectivity index (χ1) is 10.2. The lowest BCUT2D eigenvalue weighted by atomic mass is 10.1. The Morgan fingerprint density at radius 2 is 2.05 bits per heavy atom. The molecular formula is C16H22N2O3. The average molecular weight is 290 g/mol. The van der Waals surface area contributed by atoms with E-state index in [4.69, 9.17) is 15.2 Å². The fraction of sp³-hybridized carbons (Fsp3) is 0.562. The van der Waals surface area contributed by atoms with Gasteiger partial charge < -0.3 is 20.1 Å². The number of anilines is 1. The summed E-state index contributed by atoms with van der Waals surface area (Å²) in [4.78, 5) is 14.4. The molecule has 1 saturated heterocycles. The number of nitrogens with zero attached hydrogens (tertiary/aromatic N) is 1. The number of benzene rings is 1. The van der Waals surface area contributed by atoms with Crippen LogP contribution in [-0.2, 0) is 9.53 Å². The number of hydrogen-bond acceptors (Lipinski definition) is 4. The second-order valence-corrected chi connectivity index (χ2v) is 5.86. The molecule has 2 fully saturated rings. The van der Waals surface area contributed by atoms with Crippen LogP contribution in [-0.4, -0.2) is 43.2 Å². The molecule has 1 unspecified atom stereocenters. The van der Waals surface area contributed by atoms with Gasteiger partial charge >= 0.3 is 0 Å². The third-order valence-corrected chi connectivity index (χ3v) is 4.03. The van der Waals surface area contributed by atoms with E-state index in [0.29, 0.717) is 23.4 Å². The smallest absolute Gasteiger partial charge is 0.260 e. The molecule has 21 heavy (non-hydrogen) atoms. The highest BCUT2D eigenvalue weighted by molar-refractivity contribution is 5.78. The molecule has 1 amide bonds. The zero-order chi connectivity index (χ0) is 14.7. The van der Waals surface area contributed by atoms with E-state index in [1.54, 1.807) is 24.3 Å². The predicted octanol–water partition coefficient (Wildman–Crippen LogP) is 1.68. The number of nitrogens with two attached hydrogens (primary N) is 1. The summed E-state index contributed by atoms with van der Waals surface area (Å²) in [6.45, 7) is 2.48. The molecule has 3 rings (SSSR count). The molecule has 1 aliphatic heterocycles. The van der Waals surface area contributed by atoms with Crippen molar-refractivity contribution in [2.75, 3.05) is 32.1 Å². The maximum atomic E-state index is 12.4. The Kier molecular flexibility index (Phi) is 4.29. The lowest BCUT2D eigenvalue weighted by molar-refractivity contribution is -0.134. The number of amides is 1. The van der Waals surface area contributed by atoms with Crippen LogP contribution in [0.25, 0.3) is 0 Å². The van der Waals surface area contributed by atoms with Crippen LogP contribution in [0.5, 0.6) is 5.75 Å². The van der Waals surface area contributed by atoms with Gasteiger partial charge in [0.15, 0.2) is 6.61 Å². The fourth-order valence-electron chi connectivity index (χ4n) is 2.64. The Bertz CT molecular complexity index is 479. The van der Waals surface area contributed by atoms with Crippen LogP contribution in [0.1, 0.15) is 19.3 Å². The summed E-state index contributed by atoms with van der Waals surface area (Å²) >= 11 is 0. The summed E-state index contributed by atoms with van der Waals surface area (Å²) in [5.74, 6) is 1.23. The zero-order valence-corrected chi connectivity index (χ0v) is 12.2. The van der Waals surface area contributed by atoms with Gasteiger partial charge in [-0.05, 0) is 43.5 Å². The van der Waals surface area contributed by atoms with Crippen molar-refractivity contribution < 1.29 is 14.3 Å². The lowest BCUT2D eigenvalue weighted by Crippen LogP contribution is -2.40. The molecule has 0 radical (unpaired) electrons. The summed E-state index contributed by atoms with van der Waals surface area (Å²) in [6.07, 6.45) is 3.28. The molecule has 1 aromatic rings. The van der Waals surface area contributed by atoms with Crippen molar-refractivity contribution in [3.8, 4) is 5.75 Å². The van der Waals surface area contributed by atoms with Crippen LogP contribution in [0.2, 0.25) is 0 Å². The first kappa shape index (κ1) is 14.2. The van der Waals surface area contributed by atoms with Crippen LogP contribution in [0, 0.1) is 5.92 Å². The molecule has 1 aliphatic carbocycles. The van der Waals surface area contributed by atoms with Crippen LogP contribution >= 0.6 is 0 Å². The van der Waals surface area contributed by atoms with Crippen molar-refractivity contribution in [3.63, 3.8) is 0 Å². The minimum atomic E-state index is 0.0706. The quantitative estimate of drug-likeness (QED) is 0.810. The second kappa shape index (κ2) is 6.35. The lowest BCUT2D eigenvalue weighted by Gasteiger charge is -2.25. The van der Waals surface area contributed by atoms with Gasteiger partial charge in [0.05, 0.1) is 6.61 Å². The van der Waals surface area contributed by atoms with E-state index in [1.165, 1.54) is 0 Å². The summed E-state index contributed by atoms with van der Waals surface area (Å²) < 4.78 is 11.0. The largest absolute Gasteiger partial charge is 0.484 e. The molecule has 1 saturated carbocycles. The van der Waals surface area contributed by atoms with Crippen LogP contribution in [0.3, 0.4) is 0 Å². The van der Waals surface area contributed by atoms with Crippen molar-refractivity contribution in [1.29, 1.82) is 0 Å². The standard InChI is InChI=1S/C16H22N2O3/c17-13-1-5-15(6-2-13)21-11-16(19)18(14-3-4-14)9-12-7-8-20-10-12/h1-2,5-6,12,14H,3-4,7-11,17H2. The topological polar surface area (TPSA) is 64.8 Å². The van der Waals surface area contributed by atoms with E-state index in [2.05, 4.69) is 0 Å². The minimum absolute atomic E-state index is 0.0706. The molecule has 1 aromatic carbocycles. The van der Waals surface area contributed by atoms with E-state index in [0.717, 1.165) is 39.0 Å². The van der Waals surface area contributed by atoms with Gasteiger partial charge in [0.25, 0.3) is 5.91 Å². The average Bonchev–Trinajstić information content (AvgIpc) is 3.20. The molecule has 1 atom stereocenters. The Labute approximate surface area is 125 Å². The molecule has 5 nitrogen and oxygen atoms in total.